The van der Waals surface area contributed by atoms with Crippen LogP contribution in [0.25, 0.3) is 0 Å². The van der Waals surface area contributed by atoms with Gasteiger partial charge in [0.05, 0.1) is 24.4 Å². The zero-order valence-corrected chi connectivity index (χ0v) is 38.2. The van der Waals surface area contributed by atoms with E-state index in [0.29, 0.717) is 64.4 Å². The van der Waals surface area contributed by atoms with Gasteiger partial charge in [0.25, 0.3) is 11.7 Å². The molecule has 13 unspecified atom stereocenters. The summed E-state index contributed by atoms with van der Waals surface area (Å²) in [4.78, 5) is 70.1. The Morgan fingerprint density at radius 3 is 2.32 bits per heavy atom. The van der Waals surface area contributed by atoms with Crippen molar-refractivity contribution in [3.8, 4) is 0 Å². The third kappa shape index (κ3) is 12.6. The zero-order chi connectivity index (χ0) is 44.3. The molecule has 2 bridgehead atoms. The number of hydrogen-bond donors (Lipinski definition) is 2. The summed E-state index contributed by atoms with van der Waals surface area (Å²) in [7, 11) is 3.11. The molecule has 340 valence electrons. The molecule has 4 rings (SSSR count). The number of rotatable bonds is 9. The largest absolute Gasteiger partial charge is 0.456 e. The highest BCUT2D eigenvalue weighted by Crippen LogP contribution is 2.39. The van der Waals surface area contributed by atoms with Crippen molar-refractivity contribution in [2.45, 2.75) is 187 Å². The Bertz CT molecular complexity index is 1550. The summed E-state index contributed by atoms with van der Waals surface area (Å²) < 4.78 is 30.7. The van der Waals surface area contributed by atoms with Gasteiger partial charge in [-0.05, 0) is 114 Å². The Hall–Kier alpha value is -2.97. The van der Waals surface area contributed by atoms with Gasteiger partial charge in [0.15, 0.2) is 0 Å². The maximum Gasteiger partial charge on any atom is 0.329 e. The van der Waals surface area contributed by atoms with E-state index in [1.165, 1.54) is 11.8 Å². The lowest BCUT2D eigenvalue weighted by atomic mass is 9.81. The fraction of sp³-hybridized carbons (Fsp3) is 0.809. The number of nitrogens with zero attached hydrogens (tertiary/aromatic N) is 1. The highest BCUT2D eigenvalue weighted by Gasteiger charge is 2.56. The van der Waals surface area contributed by atoms with Gasteiger partial charge in [0.1, 0.15) is 24.0 Å². The summed E-state index contributed by atoms with van der Waals surface area (Å²) in [6, 6.07) is -1.14. The minimum atomic E-state index is -2.47. The molecule has 3 fully saturated rings. The van der Waals surface area contributed by atoms with Crippen LogP contribution in [0.3, 0.4) is 0 Å². The second kappa shape index (κ2) is 22.9. The number of allylic oxidation sites excluding steroid dienone is 3. The highest BCUT2D eigenvalue weighted by atomic mass is 16.7. The Labute approximate surface area is 359 Å². The smallest absolute Gasteiger partial charge is 0.329 e. The molecule has 13 heteroatoms. The van der Waals surface area contributed by atoms with E-state index in [1.807, 2.05) is 27.7 Å². The van der Waals surface area contributed by atoms with E-state index < -0.39 is 59.8 Å². The number of esters is 1. The van der Waals surface area contributed by atoms with Crippen LogP contribution in [0.4, 0.5) is 0 Å². The molecule has 13 atom stereocenters. The maximum absolute atomic E-state index is 14.4. The van der Waals surface area contributed by atoms with Gasteiger partial charge in [-0.2, -0.15) is 0 Å². The Morgan fingerprint density at radius 1 is 0.967 bits per heavy atom. The molecule has 0 aromatic carbocycles. The Balaban J connectivity index is 1.72. The first kappa shape index (κ1) is 49.7. The van der Waals surface area contributed by atoms with Crippen LogP contribution >= 0.6 is 0 Å². The van der Waals surface area contributed by atoms with Crippen molar-refractivity contribution < 1.29 is 52.8 Å². The summed E-state index contributed by atoms with van der Waals surface area (Å²) in [5.74, 6) is -6.31. The van der Waals surface area contributed by atoms with Gasteiger partial charge < -0.3 is 39.0 Å². The predicted octanol–water partition coefficient (Wildman–Crippen LogP) is 6.43. The first-order valence-corrected chi connectivity index (χ1v) is 22.8. The average Bonchev–Trinajstić information content (AvgIpc) is 3.22. The number of carbonyl (C=O) groups is 5. The van der Waals surface area contributed by atoms with E-state index in [9.17, 15) is 29.1 Å². The van der Waals surface area contributed by atoms with Gasteiger partial charge >= 0.3 is 5.97 Å². The monoisotopic (exact) mass is 845 g/mol. The first-order valence-electron chi connectivity index (χ1n) is 22.8. The number of amides is 2. The molecule has 0 radical (unpaired) electrons. The molecule has 2 saturated heterocycles. The number of Topliss-reactive ketones (excluding diaryl/α,β-unsaturated/α-hetero) is 2. The van der Waals surface area contributed by atoms with Crippen molar-refractivity contribution in [1.82, 2.24) is 10.2 Å². The van der Waals surface area contributed by atoms with E-state index >= 15 is 0 Å². The van der Waals surface area contributed by atoms with E-state index in [1.54, 1.807) is 21.1 Å². The number of carbonyl (C=O) groups excluding carboxylic acids is 5. The molecule has 2 amide bonds. The number of cyclic esters (lactones) is 1. The Kier molecular flexibility index (Phi) is 19.0. The zero-order valence-electron chi connectivity index (χ0n) is 38.2. The fourth-order valence-corrected chi connectivity index (χ4v) is 10.0. The molecule has 60 heavy (non-hydrogen) atoms. The number of ketones is 2. The molecule has 0 aromatic heterocycles. The molecule has 2 N–H and O–H groups in total. The summed E-state index contributed by atoms with van der Waals surface area (Å²) in [5, 5.41) is 15.1. The van der Waals surface area contributed by atoms with Gasteiger partial charge in [-0.15, -0.1) is 0 Å². The van der Waals surface area contributed by atoms with Crippen molar-refractivity contribution >= 4 is 29.4 Å². The van der Waals surface area contributed by atoms with Gasteiger partial charge in [-0.3, -0.25) is 19.2 Å². The first-order chi connectivity index (χ1) is 28.5. The van der Waals surface area contributed by atoms with Crippen LogP contribution in [0.2, 0.25) is 0 Å². The maximum atomic E-state index is 14.4. The molecule has 3 aliphatic heterocycles. The molecule has 0 spiro atoms. The lowest BCUT2D eigenvalue weighted by Gasteiger charge is -2.47. The highest BCUT2D eigenvalue weighted by molar-refractivity contribution is 6.39. The fourth-order valence-electron chi connectivity index (χ4n) is 10.0. The van der Waals surface area contributed by atoms with Gasteiger partial charge in [-0.25, -0.2) is 4.79 Å². The van der Waals surface area contributed by atoms with E-state index in [2.05, 4.69) is 31.3 Å². The summed E-state index contributed by atoms with van der Waals surface area (Å²) in [5.41, 5.74) is 1.91. The van der Waals surface area contributed by atoms with Gasteiger partial charge in [-0.1, -0.05) is 52.3 Å². The van der Waals surface area contributed by atoms with Crippen molar-refractivity contribution in [2.75, 3.05) is 27.4 Å². The van der Waals surface area contributed by atoms with Crippen LogP contribution in [0.5, 0.6) is 0 Å². The standard InChI is InChI=1S/C47H76N2O11/c1-11-21-58-39-27-34(17-18-36(39)48-33(8)50)25-31(6)42-30(5)16-19-38(51)35(12-2)23-28(3)22-29(4)24-40(56-9)43-41(57-10)26-32(7)47(55,60-43)44(52)45(53)49-20-14-13-15-37(49)46(54)59-42/h23,25,29-30,32,34-37,39-43,55H,11-22,24,26-27H2,1-10H3,(H,48,50). The van der Waals surface area contributed by atoms with Crippen LogP contribution in [-0.4, -0.2) is 115 Å². The van der Waals surface area contributed by atoms with Crippen molar-refractivity contribution in [3.05, 3.63) is 23.3 Å². The van der Waals surface area contributed by atoms with Crippen molar-refractivity contribution in [2.24, 2.45) is 29.6 Å². The predicted molar refractivity (Wildman–Crippen MR) is 228 cm³/mol. The minimum Gasteiger partial charge on any atom is -0.456 e. The number of methoxy groups -OCH3 is 2. The van der Waals surface area contributed by atoms with Crippen LogP contribution in [0.1, 0.15) is 139 Å². The SMILES string of the molecule is CCCOC1CC(C=C(C)C2OC(=O)C3CCCCN3C(=O)C(=O)C3(O)OC(C(OC)CC(C)CC(C)=CC(CC)C(=O)CCC2C)C(OC)CC3C)CCC1NC(C)=O. The third-order valence-corrected chi connectivity index (χ3v) is 13.4. The second-order valence-corrected chi connectivity index (χ2v) is 18.4. The molecule has 1 saturated carbocycles. The molecular weight excluding hydrogens is 769 g/mol. The lowest BCUT2D eigenvalue weighted by molar-refractivity contribution is -0.302. The molecular formula is C47H76N2O11. The molecule has 13 nitrogen and oxygen atoms in total. The molecule has 0 aromatic rings. The average molecular weight is 845 g/mol. The third-order valence-electron chi connectivity index (χ3n) is 13.4. The Morgan fingerprint density at radius 2 is 1.67 bits per heavy atom. The summed E-state index contributed by atoms with van der Waals surface area (Å²) in [6.45, 7) is 16.0. The van der Waals surface area contributed by atoms with Crippen LogP contribution in [0, 0.1) is 29.6 Å². The van der Waals surface area contributed by atoms with Crippen molar-refractivity contribution in [1.29, 1.82) is 0 Å². The summed E-state index contributed by atoms with van der Waals surface area (Å²) in [6.07, 6.45) is 8.85. The van der Waals surface area contributed by atoms with Gasteiger partial charge in [0.2, 0.25) is 11.7 Å². The second-order valence-electron chi connectivity index (χ2n) is 18.4. The van der Waals surface area contributed by atoms with E-state index in [4.69, 9.17) is 23.7 Å². The minimum absolute atomic E-state index is 0.0838. The number of hydrogen-bond acceptors (Lipinski definition) is 11. The van der Waals surface area contributed by atoms with Crippen LogP contribution in [0.15, 0.2) is 23.3 Å². The lowest BCUT2D eigenvalue weighted by Crippen LogP contribution is -2.64. The molecule has 3 heterocycles. The quantitative estimate of drug-likeness (QED) is 0.149. The molecule has 4 aliphatic rings. The summed E-state index contributed by atoms with van der Waals surface area (Å²) >= 11 is 0. The van der Waals surface area contributed by atoms with Crippen molar-refractivity contribution in [3.63, 3.8) is 0 Å². The number of fused-ring (bicyclic) bond motifs is 3. The topological polar surface area (TPSA) is 167 Å². The normalized spacial score (nSPS) is 37.4. The van der Waals surface area contributed by atoms with Crippen LogP contribution < -0.4 is 5.32 Å². The van der Waals surface area contributed by atoms with E-state index in [-0.39, 0.29) is 60.5 Å². The van der Waals surface area contributed by atoms with Gasteiger partial charge in [0, 0.05) is 52.6 Å². The van der Waals surface area contributed by atoms with Crippen LogP contribution in [-0.2, 0) is 47.7 Å². The number of piperidine rings is 1. The molecule has 1 aliphatic carbocycles. The number of nitrogens with one attached hydrogen (secondary N) is 1. The number of ether oxygens (including phenoxy) is 5. The number of aliphatic hydroxyl groups is 1. The van der Waals surface area contributed by atoms with E-state index in [0.717, 1.165) is 30.4 Å².